The minimum atomic E-state index is -0.233. The third-order valence-corrected chi connectivity index (χ3v) is 3.65. The molecule has 0 amide bonds. The first-order valence-electron chi connectivity index (χ1n) is 6.08. The first-order valence-corrected chi connectivity index (χ1v) is 7.44. The van der Waals surface area contributed by atoms with E-state index in [1.165, 1.54) is 23.9 Å². The highest BCUT2D eigenvalue weighted by Crippen LogP contribution is 2.22. The molecule has 0 fully saturated rings. The molecule has 0 spiro atoms. The van der Waals surface area contributed by atoms with E-state index in [-0.39, 0.29) is 5.82 Å². The van der Waals surface area contributed by atoms with Crippen molar-refractivity contribution in [3.8, 4) is 0 Å². The van der Waals surface area contributed by atoms with E-state index in [0.717, 1.165) is 23.4 Å². The molecule has 0 aliphatic rings. The Kier molecular flexibility index (Phi) is 5.16. The van der Waals surface area contributed by atoms with Crippen LogP contribution in [0.5, 0.6) is 0 Å². The van der Waals surface area contributed by atoms with E-state index >= 15 is 0 Å². The minimum Gasteiger partial charge on any atom is -0.237 e. The lowest BCUT2D eigenvalue weighted by atomic mass is 10.2. The molecule has 1 heterocycles. The summed E-state index contributed by atoms with van der Waals surface area (Å²) in [5.74, 6) is 1.04. The molecule has 0 saturated carbocycles. The van der Waals surface area contributed by atoms with Gasteiger partial charge in [-0.15, -0.1) is 11.8 Å². The zero-order valence-electron chi connectivity index (χ0n) is 10.6. The zero-order chi connectivity index (χ0) is 13.7. The molecule has 0 N–H and O–H groups in total. The van der Waals surface area contributed by atoms with Gasteiger partial charge in [-0.25, -0.2) is 14.4 Å². The third-order valence-electron chi connectivity index (χ3n) is 2.46. The number of aromatic nitrogens is 2. The second-order valence-electron chi connectivity index (χ2n) is 4.09. The van der Waals surface area contributed by atoms with Crippen molar-refractivity contribution in [2.24, 2.45) is 0 Å². The van der Waals surface area contributed by atoms with Gasteiger partial charge in [0.2, 0.25) is 0 Å². The highest BCUT2D eigenvalue weighted by Gasteiger charge is 2.04. The summed E-state index contributed by atoms with van der Waals surface area (Å²) in [4.78, 5) is 9.51. The molecule has 0 bridgehead atoms. The van der Waals surface area contributed by atoms with E-state index in [1.54, 1.807) is 12.1 Å². The van der Waals surface area contributed by atoms with E-state index in [1.807, 2.05) is 6.07 Å². The van der Waals surface area contributed by atoms with Crippen LogP contribution >= 0.6 is 23.4 Å². The Morgan fingerprint density at radius 1 is 1.26 bits per heavy atom. The molecule has 5 heteroatoms. The van der Waals surface area contributed by atoms with Crippen molar-refractivity contribution in [3.63, 3.8) is 0 Å². The van der Waals surface area contributed by atoms with Gasteiger partial charge in [-0.2, -0.15) is 0 Å². The number of halogens is 2. The fraction of sp³-hybridized carbons (Fsp3) is 0.286. The maximum absolute atomic E-state index is 13.1. The van der Waals surface area contributed by atoms with Crippen LogP contribution in [0.3, 0.4) is 0 Å². The van der Waals surface area contributed by atoms with Gasteiger partial charge in [0.25, 0.3) is 0 Å². The lowest BCUT2D eigenvalue weighted by molar-refractivity contribution is 0.624. The first kappa shape index (κ1) is 14.3. The summed E-state index contributed by atoms with van der Waals surface area (Å²) >= 11 is 7.47. The average molecular weight is 297 g/mol. The molecule has 1 aromatic heterocycles. The Labute approximate surface area is 121 Å². The molecule has 1 aromatic carbocycles. The van der Waals surface area contributed by atoms with Gasteiger partial charge in [-0.05, 0) is 30.7 Å². The van der Waals surface area contributed by atoms with Crippen LogP contribution < -0.4 is 0 Å². The second-order valence-corrected chi connectivity index (χ2v) is 5.53. The van der Waals surface area contributed by atoms with Gasteiger partial charge in [0, 0.05) is 10.6 Å². The second kappa shape index (κ2) is 6.87. The highest BCUT2D eigenvalue weighted by molar-refractivity contribution is 7.98. The molecule has 0 unspecified atom stereocenters. The van der Waals surface area contributed by atoms with Crippen molar-refractivity contribution >= 4 is 23.4 Å². The van der Waals surface area contributed by atoms with Crippen LogP contribution in [0.4, 0.5) is 4.39 Å². The van der Waals surface area contributed by atoms with Gasteiger partial charge in [0.05, 0.1) is 5.75 Å². The molecule has 0 atom stereocenters. The average Bonchev–Trinajstić information content (AvgIpc) is 2.36. The monoisotopic (exact) mass is 296 g/mol. The SMILES string of the molecule is CCCc1cc(Cl)nc(CSc2cccc(F)c2)n1. The van der Waals surface area contributed by atoms with Gasteiger partial charge >= 0.3 is 0 Å². The summed E-state index contributed by atoms with van der Waals surface area (Å²) in [5, 5.41) is 0.466. The number of hydrogen-bond acceptors (Lipinski definition) is 3. The Hall–Kier alpha value is -1.13. The number of benzene rings is 1. The summed E-state index contributed by atoms with van der Waals surface area (Å²) < 4.78 is 13.1. The lowest BCUT2D eigenvalue weighted by Crippen LogP contribution is -1.98. The smallest absolute Gasteiger partial charge is 0.140 e. The molecule has 0 radical (unpaired) electrons. The van der Waals surface area contributed by atoms with Crippen LogP contribution in [0.2, 0.25) is 5.15 Å². The number of hydrogen-bond donors (Lipinski definition) is 0. The molecule has 0 aliphatic carbocycles. The normalized spacial score (nSPS) is 10.7. The van der Waals surface area contributed by atoms with Crippen molar-refractivity contribution in [1.82, 2.24) is 9.97 Å². The van der Waals surface area contributed by atoms with E-state index in [9.17, 15) is 4.39 Å². The van der Waals surface area contributed by atoms with Crippen LogP contribution in [-0.2, 0) is 12.2 Å². The minimum absolute atomic E-state index is 0.233. The van der Waals surface area contributed by atoms with Crippen LogP contribution in [0.1, 0.15) is 24.9 Å². The molecule has 0 saturated heterocycles. The molecule has 19 heavy (non-hydrogen) atoms. The molecule has 100 valence electrons. The maximum Gasteiger partial charge on any atom is 0.140 e. The quantitative estimate of drug-likeness (QED) is 0.599. The van der Waals surface area contributed by atoms with Gasteiger partial charge in [-0.3, -0.25) is 0 Å². The van der Waals surface area contributed by atoms with Crippen LogP contribution in [0, 0.1) is 5.82 Å². The van der Waals surface area contributed by atoms with Crippen molar-refractivity contribution in [2.45, 2.75) is 30.4 Å². The Morgan fingerprint density at radius 3 is 2.84 bits per heavy atom. The summed E-state index contributed by atoms with van der Waals surface area (Å²) in [5.41, 5.74) is 0.956. The third kappa shape index (κ3) is 4.48. The van der Waals surface area contributed by atoms with Gasteiger partial charge in [-0.1, -0.05) is 31.0 Å². The summed E-state index contributed by atoms with van der Waals surface area (Å²) in [6.07, 6.45) is 1.91. The van der Waals surface area contributed by atoms with Crippen molar-refractivity contribution in [3.05, 3.63) is 52.8 Å². The summed E-state index contributed by atoms with van der Waals surface area (Å²) in [6.45, 7) is 2.09. The lowest BCUT2D eigenvalue weighted by Gasteiger charge is -2.04. The Balaban J connectivity index is 2.06. The fourth-order valence-corrected chi connectivity index (χ4v) is 2.69. The highest BCUT2D eigenvalue weighted by atomic mass is 35.5. The van der Waals surface area contributed by atoms with Crippen LogP contribution in [0.15, 0.2) is 35.2 Å². The molecule has 0 aliphatic heterocycles. The van der Waals surface area contributed by atoms with E-state index in [0.29, 0.717) is 16.7 Å². The number of nitrogens with zero attached hydrogens (tertiary/aromatic N) is 2. The Morgan fingerprint density at radius 2 is 2.11 bits per heavy atom. The van der Waals surface area contributed by atoms with E-state index in [2.05, 4.69) is 16.9 Å². The number of aryl methyl sites for hydroxylation is 1. The summed E-state index contributed by atoms with van der Waals surface area (Å²) in [6, 6.07) is 8.28. The van der Waals surface area contributed by atoms with Gasteiger partial charge in [0.15, 0.2) is 0 Å². The van der Waals surface area contributed by atoms with Crippen molar-refractivity contribution < 1.29 is 4.39 Å². The van der Waals surface area contributed by atoms with E-state index < -0.39 is 0 Å². The zero-order valence-corrected chi connectivity index (χ0v) is 12.1. The molecule has 2 rings (SSSR count). The van der Waals surface area contributed by atoms with Crippen LogP contribution in [0.25, 0.3) is 0 Å². The predicted octanol–water partition coefficient (Wildman–Crippen LogP) is 4.51. The Bertz CT molecular complexity index is 563. The molecule has 2 aromatic rings. The largest absolute Gasteiger partial charge is 0.237 e. The van der Waals surface area contributed by atoms with Crippen LogP contribution in [-0.4, -0.2) is 9.97 Å². The topological polar surface area (TPSA) is 25.8 Å². The molecular formula is C14H14ClFN2S. The molecule has 2 nitrogen and oxygen atoms in total. The van der Waals surface area contributed by atoms with Crippen molar-refractivity contribution in [1.29, 1.82) is 0 Å². The summed E-state index contributed by atoms with van der Waals surface area (Å²) in [7, 11) is 0. The van der Waals surface area contributed by atoms with Gasteiger partial charge in [0.1, 0.15) is 16.8 Å². The standard InChI is InChI=1S/C14H14ClFN2S/c1-2-4-11-8-13(15)18-14(17-11)9-19-12-6-3-5-10(16)7-12/h3,5-8H,2,4,9H2,1H3. The maximum atomic E-state index is 13.1. The van der Waals surface area contributed by atoms with Gasteiger partial charge < -0.3 is 0 Å². The fourth-order valence-electron chi connectivity index (χ4n) is 1.67. The van der Waals surface area contributed by atoms with E-state index in [4.69, 9.17) is 11.6 Å². The number of thioether (sulfide) groups is 1. The first-order chi connectivity index (χ1) is 9.17. The van der Waals surface area contributed by atoms with Crippen molar-refractivity contribution in [2.75, 3.05) is 0 Å². The predicted molar refractivity (Wildman–Crippen MR) is 77.0 cm³/mol. The number of rotatable bonds is 5. The molecular weight excluding hydrogens is 283 g/mol.